The van der Waals surface area contributed by atoms with Gasteiger partial charge >= 0.3 is 0 Å². The normalized spacial score (nSPS) is 15.9. The molecule has 0 aliphatic carbocycles. The summed E-state index contributed by atoms with van der Waals surface area (Å²) in [5.41, 5.74) is 2.91. The second kappa shape index (κ2) is 7.76. The summed E-state index contributed by atoms with van der Waals surface area (Å²) in [6.07, 6.45) is 0. The average molecular weight is 454 g/mol. The Balaban J connectivity index is 1.48. The Morgan fingerprint density at radius 2 is 1.82 bits per heavy atom. The van der Waals surface area contributed by atoms with Gasteiger partial charge in [0.1, 0.15) is 4.21 Å². The van der Waals surface area contributed by atoms with Gasteiger partial charge in [-0.05, 0) is 43.7 Å². The summed E-state index contributed by atoms with van der Waals surface area (Å²) in [6, 6.07) is 9.51. The first-order valence-electron chi connectivity index (χ1n) is 8.88. The number of piperazine rings is 1. The van der Waals surface area contributed by atoms with Crippen molar-refractivity contribution in [2.45, 2.75) is 18.1 Å². The zero-order valence-electron chi connectivity index (χ0n) is 15.6. The van der Waals surface area contributed by atoms with E-state index in [0.29, 0.717) is 30.4 Å². The summed E-state index contributed by atoms with van der Waals surface area (Å²) in [5.74, 6) is 0. The first kappa shape index (κ1) is 19.8. The van der Waals surface area contributed by atoms with E-state index < -0.39 is 10.0 Å². The fourth-order valence-electron chi connectivity index (χ4n) is 3.17. The Hall–Kier alpha value is -1.45. The summed E-state index contributed by atoms with van der Waals surface area (Å²) in [5, 5.41) is 3.67. The van der Waals surface area contributed by atoms with Crippen molar-refractivity contribution in [1.82, 2.24) is 9.29 Å². The van der Waals surface area contributed by atoms with Crippen LogP contribution in [0, 0.1) is 13.8 Å². The Kier molecular flexibility index (Phi) is 5.50. The van der Waals surface area contributed by atoms with Gasteiger partial charge in [-0.2, -0.15) is 4.31 Å². The lowest BCUT2D eigenvalue weighted by Crippen LogP contribution is -2.48. The number of sulfonamides is 1. The Morgan fingerprint density at radius 1 is 1.07 bits per heavy atom. The first-order chi connectivity index (χ1) is 13.3. The largest absolute Gasteiger partial charge is 0.369 e. The van der Waals surface area contributed by atoms with E-state index in [2.05, 4.69) is 9.88 Å². The van der Waals surface area contributed by atoms with E-state index in [-0.39, 0.29) is 0 Å². The lowest BCUT2D eigenvalue weighted by Gasteiger charge is -2.35. The van der Waals surface area contributed by atoms with Crippen molar-refractivity contribution < 1.29 is 8.42 Å². The highest BCUT2D eigenvalue weighted by atomic mass is 35.5. The SMILES string of the molecule is Cc1nc(-c2ccc(S(=O)(=O)N3CCN(c4ccc(C)c(Cl)c4)CC3)s2)cs1. The van der Waals surface area contributed by atoms with E-state index in [1.807, 2.05) is 43.5 Å². The highest BCUT2D eigenvalue weighted by molar-refractivity contribution is 7.91. The molecule has 1 aromatic carbocycles. The number of halogens is 1. The smallest absolute Gasteiger partial charge is 0.252 e. The van der Waals surface area contributed by atoms with E-state index in [1.165, 1.54) is 11.3 Å². The highest BCUT2D eigenvalue weighted by Crippen LogP contribution is 2.33. The van der Waals surface area contributed by atoms with Gasteiger partial charge in [-0.1, -0.05) is 17.7 Å². The molecule has 1 fully saturated rings. The molecule has 0 radical (unpaired) electrons. The second-order valence-electron chi connectivity index (χ2n) is 6.70. The number of nitrogens with zero attached hydrogens (tertiary/aromatic N) is 3. The third kappa shape index (κ3) is 3.84. The van der Waals surface area contributed by atoms with Crippen LogP contribution in [0.15, 0.2) is 39.9 Å². The number of hydrogen-bond donors (Lipinski definition) is 0. The summed E-state index contributed by atoms with van der Waals surface area (Å²) in [4.78, 5) is 7.51. The summed E-state index contributed by atoms with van der Waals surface area (Å²) < 4.78 is 28.1. The van der Waals surface area contributed by atoms with Gasteiger partial charge in [-0.15, -0.1) is 22.7 Å². The van der Waals surface area contributed by atoms with Crippen LogP contribution in [0.4, 0.5) is 5.69 Å². The number of benzene rings is 1. The minimum atomic E-state index is -3.49. The summed E-state index contributed by atoms with van der Waals surface area (Å²) in [7, 11) is -3.49. The van der Waals surface area contributed by atoms with E-state index in [9.17, 15) is 8.42 Å². The zero-order valence-corrected chi connectivity index (χ0v) is 18.8. The van der Waals surface area contributed by atoms with Gasteiger partial charge in [0, 0.05) is 42.3 Å². The molecule has 0 amide bonds. The van der Waals surface area contributed by atoms with Crippen molar-refractivity contribution in [3.63, 3.8) is 0 Å². The molecule has 28 heavy (non-hydrogen) atoms. The molecule has 9 heteroatoms. The second-order valence-corrected chi connectivity index (χ2v) is 11.4. The van der Waals surface area contributed by atoms with Crippen LogP contribution < -0.4 is 4.90 Å². The molecule has 2 aromatic heterocycles. The summed E-state index contributed by atoms with van der Waals surface area (Å²) >= 11 is 9.08. The van der Waals surface area contributed by atoms with Crippen molar-refractivity contribution in [3.05, 3.63) is 51.3 Å². The van der Waals surface area contributed by atoms with Crippen LogP contribution >= 0.6 is 34.3 Å². The fourth-order valence-corrected chi connectivity index (χ4v) is 6.87. The van der Waals surface area contributed by atoms with Crippen molar-refractivity contribution in [2.75, 3.05) is 31.1 Å². The number of thiazole rings is 1. The molecule has 3 heterocycles. The quantitative estimate of drug-likeness (QED) is 0.576. The molecular formula is C19H20ClN3O2S3. The molecule has 0 spiro atoms. The minimum absolute atomic E-state index is 0.375. The molecule has 0 atom stereocenters. The van der Waals surface area contributed by atoms with Crippen LogP contribution in [-0.4, -0.2) is 43.9 Å². The van der Waals surface area contributed by atoms with Crippen LogP contribution in [0.2, 0.25) is 5.02 Å². The zero-order chi connectivity index (χ0) is 19.9. The molecule has 1 aliphatic heterocycles. The summed E-state index contributed by atoms with van der Waals surface area (Å²) in [6.45, 7) is 6.11. The minimum Gasteiger partial charge on any atom is -0.369 e. The predicted octanol–water partition coefficient (Wildman–Crippen LogP) is 4.65. The van der Waals surface area contributed by atoms with E-state index >= 15 is 0 Å². The van der Waals surface area contributed by atoms with Gasteiger partial charge in [0.2, 0.25) is 0 Å². The van der Waals surface area contributed by atoms with E-state index in [1.54, 1.807) is 21.7 Å². The lowest BCUT2D eigenvalue weighted by molar-refractivity contribution is 0.386. The molecular weight excluding hydrogens is 434 g/mol. The average Bonchev–Trinajstić information content (AvgIpc) is 3.33. The van der Waals surface area contributed by atoms with Crippen LogP contribution in [0.25, 0.3) is 10.6 Å². The van der Waals surface area contributed by atoms with Gasteiger partial charge in [-0.3, -0.25) is 0 Å². The maximum Gasteiger partial charge on any atom is 0.252 e. The van der Waals surface area contributed by atoms with Crippen molar-refractivity contribution in [2.24, 2.45) is 0 Å². The number of thiophene rings is 1. The van der Waals surface area contributed by atoms with Crippen molar-refractivity contribution in [1.29, 1.82) is 0 Å². The monoisotopic (exact) mass is 453 g/mol. The molecule has 4 rings (SSSR count). The molecule has 3 aromatic rings. The third-order valence-electron chi connectivity index (χ3n) is 4.81. The number of hydrogen-bond acceptors (Lipinski definition) is 6. The Bertz CT molecular complexity index is 1100. The molecule has 1 saturated heterocycles. The van der Waals surface area contributed by atoms with Crippen LogP contribution in [-0.2, 0) is 10.0 Å². The predicted molar refractivity (Wildman–Crippen MR) is 117 cm³/mol. The maximum atomic E-state index is 13.1. The van der Waals surface area contributed by atoms with Gasteiger partial charge in [0.05, 0.1) is 15.6 Å². The Morgan fingerprint density at radius 3 is 2.46 bits per heavy atom. The van der Waals surface area contributed by atoms with E-state index in [0.717, 1.165) is 31.9 Å². The molecule has 0 saturated carbocycles. The molecule has 5 nitrogen and oxygen atoms in total. The van der Waals surface area contributed by atoms with E-state index in [4.69, 9.17) is 11.6 Å². The molecule has 0 unspecified atom stereocenters. The van der Waals surface area contributed by atoms with Crippen LogP contribution in [0.5, 0.6) is 0 Å². The number of rotatable bonds is 4. The highest BCUT2D eigenvalue weighted by Gasteiger charge is 2.30. The standard InChI is InChI=1S/C19H20ClN3O2S3/c1-13-3-4-15(11-16(13)20)22-7-9-23(10-8-22)28(24,25)19-6-5-18(27-19)17-12-26-14(2)21-17/h3-6,11-12H,7-10H2,1-2H3. The maximum absolute atomic E-state index is 13.1. The lowest BCUT2D eigenvalue weighted by atomic mass is 10.2. The molecule has 148 valence electrons. The van der Waals surface area contributed by atoms with Crippen molar-refractivity contribution >= 4 is 50.0 Å². The fraction of sp³-hybridized carbons (Fsp3) is 0.316. The molecule has 0 N–H and O–H groups in total. The first-order valence-corrected chi connectivity index (χ1v) is 12.4. The van der Waals surface area contributed by atoms with Gasteiger partial charge in [0.15, 0.2) is 0 Å². The van der Waals surface area contributed by atoms with Gasteiger partial charge < -0.3 is 4.90 Å². The number of aryl methyl sites for hydroxylation is 2. The topological polar surface area (TPSA) is 53.5 Å². The van der Waals surface area contributed by atoms with Crippen LogP contribution in [0.3, 0.4) is 0 Å². The number of anilines is 1. The van der Waals surface area contributed by atoms with Gasteiger partial charge in [0.25, 0.3) is 10.0 Å². The molecule has 0 bridgehead atoms. The van der Waals surface area contributed by atoms with Gasteiger partial charge in [-0.25, -0.2) is 13.4 Å². The Labute approximate surface area is 178 Å². The third-order valence-corrected chi connectivity index (χ3v) is 9.46. The van der Waals surface area contributed by atoms with Crippen molar-refractivity contribution in [3.8, 4) is 10.6 Å². The van der Waals surface area contributed by atoms with Crippen LogP contribution in [0.1, 0.15) is 10.6 Å². The number of aromatic nitrogens is 1. The molecule has 1 aliphatic rings.